The first-order valence-electron chi connectivity index (χ1n) is 6.09. The standard InChI is InChI=1S/C13H18ClN3S/c1-4-17-11(13(14)10(3)16-17)7-15-8-12-9(2)5-6-18-12/h5-6,15H,4,7-8H2,1-3H3. The summed E-state index contributed by atoms with van der Waals surface area (Å²) in [6, 6.07) is 2.15. The molecule has 0 saturated heterocycles. The highest BCUT2D eigenvalue weighted by atomic mass is 35.5. The Labute approximate surface area is 117 Å². The fourth-order valence-corrected chi connectivity index (χ4v) is 3.00. The quantitative estimate of drug-likeness (QED) is 0.910. The first-order chi connectivity index (χ1) is 8.63. The molecule has 5 heteroatoms. The van der Waals surface area contributed by atoms with Crippen molar-refractivity contribution in [3.63, 3.8) is 0 Å². The van der Waals surface area contributed by atoms with Gasteiger partial charge in [-0.2, -0.15) is 5.10 Å². The van der Waals surface area contributed by atoms with Crippen LogP contribution in [0, 0.1) is 13.8 Å². The average molecular weight is 284 g/mol. The van der Waals surface area contributed by atoms with Crippen molar-refractivity contribution >= 4 is 22.9 Å². The van der Waals surface area contributed by atoms with Crippen molar-refractivity contribution in [2.45, 2.75) is 40.4 Å². The van der Waals surface area contributed by atoms with E-state index in [1.54, 1.807) is 11.3 Å². The number of nitrogens with one attached hydrogen (secondary N) is 1. The first kappa shape index (κ1) is 13.6. The number of thiophene rings is 1. The van der Waals surface area contributed by atoms with E-state index >= 15 is 0 Å². The van der Waals surface area contributed by atoms with Crippen LogP contribution in [0.3, 0.4) is 0 Å². The molecule has 2 aromatic rings. The number of hydrogen-bond donors (Lipinski definition) is 1. The molecule has 0 radical (unpaired) electrons. The maximum atomic E-state index is 6.26. The predicted molar refractivity (Wildman–Crippen MR) is 77.2 cm³/mol. The summed E-state index contributed by atoms with van der Waals surface area (Å²) in [5.74, 6) is 0. The zero-order chi connectivity index (χ0) is 13.1. The third-order valence-corrected chi connectivity index (χ3v) is 4.51. The minimum Gasteiger partial charge on any atom is -0.306 e. The van der Waals surface area contributed by atoms with E-state index in [9.17, 15) is 0 Å². The van der Waals surface area contributed by atoms with E-state index in [0.717, 1.165) is 36.0 Å². The van der Waals surface area contributed by atoms with E-state index in [1.807, 2.05) is 11.6 Å². The summed E-state index contributed by atoms with van der Waals surface area (Å²) in [4.78, 5) is 1.38. The van der Waals surface area contributed by atoms with Crippen LogP contribution in [-0.4, -0.2) is 9.78 Å². The molecule has 2 heterocycles. The highest BCUT2D eigenvalue weighted by Gasteiger charge is 2.11. The van der Waals surface area contributed by atoms with E-state index in [4.69, 9.17) is 11.6 Å². The summed E-state index contributed by atoms with van der Waals surface area (Å²) >= 11 is 8.05. The van der Waals surface area contributed by atoms with Gasteiger partial charge < -0.3 is 5.32 Å². The third kappa shape index (κ3) is 2.76. The molecule has 2 rings (SSSR count). The fraction of sp³-hybridized carbons (Fsp3) is 0.462. The Morgan fingerprint density at radius 3 is 2.78 bits per heavy atom. The fourth-order valence-electron chi connectivity index (χ4n) is 1.92. The lowest BCUT2D eigenvalue weighted by molar-refractivity contribution is 0.580. The van der Waals surface area contributed by atoms with Crippen LogP contribution >= 0.6 is 22.9 Å². The molecule has 0 spiro atoms. The van der Waals surface area contributed by atoms with Crippen molar-refractivity contribution in [2.75, 3.05) is 0 Å². The van der Waals surface area contributed by atoms with Gasteiger partial charge in [-0.15, -0.1) is 11.3 Å². The van der Waals surface area contributed by atoms with Gasteiger partial charge >= 0.3 is 0 Å². The van der Waals surface area contributed by atoms with Crippen molar-refractivity contribution in [2.24, 2.45) is 0 Å². The van der Waals surface area contributed by atoms with Crippen molar-refractivity contribution in [3.8, 4) is 0 Å². The Hall–Kier alpha value is -0.840. The van der Waals surface area contributed by atoms with E-state index in [1.165, 1.54) is 10.4 Å². The van der Waals surface area contributed by atoms with Crippen molar-refractivity contribution < 1.29 is 0 Å². The summed E-state index contributed by atoms with van der Waals surface area (Å²) in [6.45, 7) is 8.65. The number of halogens is 1. The smallest absolute Gasteiger partial charge is 0.0860 e. The second kappa shape index (κ2) is 5.87. The molecule has 3 nitrogen and oxygen atoms in total. The van der Waals surface area contributed by atoms with Crippen LogP contribution in [0.2, 0.25) is 5.02 Å². The zero-order valence-corrected chi connectivity index (χ0v) is 12.5. The van der Waals surface area contributed by atoms with Crippen molar-refractivity contribution in [1.29, 1.82) is 0 Å². The number of rotatable bonds is 5. The first-order valence-corrected chi connectivity index (χ1v) is 7.34. The van der Waals surface area contributed by atoms with Crippen LogP contribution in [-0.2, 0) is 19.6 Å². The third-order valence-electron chi connectivity index (χ3n) is 3.00. The minimum atomic E-state index is 0.755. The molecule has 1 N–H and O–H groups in total. The van der Waals surface area contributed by atoms with Gasteiger partial charge in [-0.1, -0.05) is 11.6 Å². The molecule has 18 heavy (non-hydrogen) atoms. The Morgan fingerprint density at radius 1 is 1.39 bits per heavy atom. The number of aryl methyl sites for hydroxylation is 3. The molecule has 0 fully saturated rings. The summed E-state index contributed by atoms with van der Waals surface area (Å²) in [6.07, 6.45) is 0. The summed E-state index contributed by atoms with van der Waals surface area (Å²) < 4.78 is 1.96. The molecule has 0 bridgehead atoms. The molecule has 0 atom stereocenters. The van der Waals surface area contributed by atoms with E-state index in [0.29, 0.717) is 0 Å². The Bertz CT molecular complexity index is 530. The largest absolute Gasteiger partial charge is 0.306 e. The minimum absolute atomic E-state index is 0.755. The molecule has 98 valence electrons. The van der Waals surface area contributed by atoms with Gasteiger partial charge in [0.25, 0.3) is 0 Å². The Balaban J connectivity index is 2.00. The maximum absolute atomic E-state index is 6.26. The molecule has 0 saturated carbocycles. The summed E-state index contributed by atoms with van der Waals surface area (Å²) in [5, 5.41) is 10.8. The lowest BCUT2D eigenvalue weighted by Crippen LogP contribution is -2.16. The predicted octanol–water partition coefficient (Wildman–Crippen LogP) is 3.52. The summed E-state index contributed by atoms with van der Waals surface area (Å²) in [7, 11) is 0. The van der Waals surface area contributed by atoms with Crippen LogP contribution in [0.1, 0.15) is 28.8 Å². The number of hydrogen-bond acceptors (Lipinski definition) is 3. The van der Waals surface area contributed by atoms with Crippen LogP contribution in [0.15, 0.2) is 11.4 Å². The normalized spacial score (nSPS) is 11.1. The lowest BCUT2D eigenvalue weighted by Gasteiger charge is -2.07. The molecule has 0 aliphatic heterocycles. The lowest BCUT2D eigenvalue weighted by atomic mass is 10.3. The number of aromatic nitrogens is 2. The Morgan fingerprint density at radius 2 is 2.17 bits per heavy atom. The molecule has 0 unspecified atom stereocenters. The van der Waals surface area contributed by atoms with Crippen LogP contribution < -0.4 is 5.32 Å². The molecule has 0 amide bonds. The SMILES string of the molecule is CCn1nc(C)c(Cl)c1CNCc1sccc1C. The van der Waals surface area contributed by atoms with Gasteiger partial charge in [-0.05, 0) is 37.8 Å². The summed E-state index contributed by atoms with van der Waals surface area (Å²) in [5.41, 5.74) is 3.33. The van der Waals surface area contributed by atoms with Crippen molar-refractivity contribution in [3.05, 3.63) is 38.3 Å². The second-order valence-corrected chi connectivity index (χ2v) is 5.67. The molecular weight excluding hydrogens is 266 g/mol. The van der Waals surface area contributed by atoms with Gasteiger partial charge in [0.1, 0.15) is 0 Å². The molecular formula is C13H18ClN3S. The van der Waals surface area contributed by atoms with Gasteiger partial charge in [-0.3, -0.25) is 4.68 Å². The topological polar surface area (TPSA) is 29.9 Å². The zero-order valence-electron chi connectivity index (χ0n) is 11.0. The van der Waals surface area contributed by atoms with Crippen molar-refractivity contribution in [1.82, 2.24) is 15.1 Å². The van der Waals surface area contributed by atoms with Gasteiger partial charge in [0.15, 0.2) is 0 Å². The molecule has 0 aromatic carbocycles. The van der Waals surface area contributed by atoms with Gasteiger partial charge in [0.2, 0.25) is 0 Å². The highest BCUT2D eigenvalue weighted by Crippen LogP contribution is 2.20. The van der Waals surface area contributed by atoms with Gasteiger partial charge in [0.05, 0.1) is 16.4 Å². The average Bonchev–Trinajstić information content (AvgIpc) is 2.87. The Kier molecular flexibility index (Phi) is 4.43. The highest BCUT2D eigenvalue weighted by molar-refractivity contribution is 7.10. The monoisotopic (exact) mass is 283 g/mol. The van der Waals surface area contributed by atoms with Gasteiger partial charge in [0, 0.05) is 24.5 Å². The molecule has 0 aliphatic rings. The molecule has 2 aromatic heterocycles. The van der Waals surface area contributed by atoms with E-state index < -0.39 is 0 Å². The van der Waals surface area contributed by atoms with E-state index in [2.05, 4.69) is 35.7 Å². The second-order valence-electron chi connectivity index (χ2n) is 4.29. The number of nitrogens with zero attached hydrogens (tertiary/aromatic N) is 2. The van der Waals surface area contributed by atoms with Gasteiger partial charge in [-0.25, -0.2) is 0 Å². The van der Waals surface area contributed by atoms with E-state index in [-0.39, 0.29) is 0 Å². The van der Waals surface area contributed by atoms with Crippen LogP contribution in [0.4, 0.5) is 0 Å². The van der Waals surface area contributed by atoms with Crippen LogP contribution in [0.25, 0.3) is 0 Å². The maximum Gasteiger partial charge on any atom is 0.0860 e. The molecule has 0 aliphatic carbocycles. The van der Waals surface area contributed by atoms with Crippen LogP contribution in [0.5, 0.6) is 0 Å².